The monoisotopic (exact) mass is 288 g/mol. The summed E-state index contributed by atoms with van der Waals surface area (Å²) in [4.78, 5) is 2.42. The Kier molecular flexibility index (Phi) is 4.94. The quantitative estimate of drug-likeness (QED) is 0.874. The lowest BCUT2D eigenvalue weighted by atomic mass is 9.98. The van der Waals surface area contributed by atoms with Gasteiger partial charge in [0.25, 0.3) is 0 Å². The number of rotatable bonds is 6. The van der Waals surface area contributed by atoms with Crippen molar-refractivity contribution in [2.75, 3.05) is 33.4 Å². The van der Waals surface area contributed by atoms with Crippen LogP contribution in [0.5, 0.6) is 0 Å². The van der Waals surface area contributed by atoms with E-state index in [0.29, 0.717) is 18.5 Å². The number of likely N-dealkylation sites (N-methyl/N-ethyl adjacent to an activating group) is 1. The zero-order chi connectivity index (χ0) is 14.7. The van der Waals surface area contributed by atoms with Crippen molar-refractivity contribution >= 4 is 0 Å². The molecular formula is C18H28N2O. The molecule has 0 radical (unpaired) electrons. The molecule has 1 heterocycles. The summed E-state index contributed by atoms with van der Waals surface area (Å²) in [5.74, 6) is 1.46. The molecule has 1 aliphatic carbocycles. The van der Waals surface area contributed by atoms with Crippen molar-refractivity contribution in [3.05, 3.63) is 35.4 Å². The molecule has 2 aliphatic rings. The first-order valence-electron chi connectivity index (χ1n) is 8.36. The molecule has 3 nitrogen and oxygen atoms in total. The molecule has 2 fully saturated rings. The van der Waals surface area contributed by atoms with Gasteiger partial charge in [-0.05, 0) is 55.7 Å². The van der Waals surface area contributed by atoms with Gasteiger partial charge in [0.2, 0.25) is 0 Å². The Morgan fingerprint density at radius 2 is 2.19 bits per heavy atom. The molecule has 1 aromatic rings. The summed E-state index contributed by atoms with van der Waals surface area (Å²) < 4.78 is 5.60. The van der Waals surface area contributed by atoms with E-state index in [1.165, 1.54) is 36.8 Å². The number of nitrogens with zero attached hydrogens (tertiary/aromatic N) is 1. The second-order valence-electron chi connectivity index (χ2n) is 6.72. The zero-order valence-electron chi connectivity index (χ0n) is 13.1. The van der Waals surface area contributed by atoms with E-state index in [-0.39, 0.29) is 0 Å². The van der Waals surface area contributed by atoms with Crippen LogP contribution in [0.1, 0.15) is 48.8 Å². The van der Waals surface area contributed by atoms with Gasteiger partial charge in [-0.1, -0.05) is 24.3 Å². The van der Waals surface area contributed by atoms with Crippen LogP contribution in [0.25, 0.3) is 0 Å². The van der Waals surface area contributed by atoms with Crippen molar-refractivity contribution in [3.63, 3.8) is 0 Å². The van der Waals surface area contributed by atoms with Gasteiger partial charge in [0.05, 0.1) is 6.61 Å². The Morgan fingerprint density at radius 1 is 1.33 bits per heavy atom. The molecule has 0 bridgehead atoms. The van der Waals surface area contributed by atoms with Crippen LogP contribution in [0.2, 0.25) is 0 Å². The average molecular weight is 288 g/mol. The van der Waals surface area contributed by atoms with E-state index in [4.69, 9.17) is 10.5 Å². The normalized spacial score (nSPS) is 24.2. The predicted molar refractivity (Wildman–Crippen MR) is 86.4 cm³/mol. The molecule has 0 amide bonds. The minimum atomic E-state index is 0.325. The smallest absolute Gasteiger partial charge is 0.0506 e. The van der Waals surface area contributed by atoms with Gasteiger partial charge >= 0.3 is 0 Å². The summed E-state index contributed by atoms with van der Waals surface area (Å²) in [6.45, 7) is 3.60. The molecule has 3 rings (SSSR count). The molecule has 1 saturated carbocycles. The van der Waals surface area contributed by atoms with Crippen LogP contribution in [0.3, 0.4) is 0 Å². The minimum Gasteiger partial charge on any atom is -0.381 e. The summed E-state index contributed by atoms with van der Waals surface area (Å²) in [6.07, 6.45) is 5.19. The third kappa shape index (κ3) is 3.85. The van der Waals surface area contributed by atoms with Gasteiger partial charge in [0, 0.05) is 25.7 Å². The fourth-order valence-electron chi connectivity index (χ4n) is 3.49. The highest BCUT2D eigenvalue weighted by atomic mass is 16.5. The topological polar surface area (TPSA) is 38.5 Å². The molecule has 2 atom stereocenters. The second kappa shape index (κ2) is 6.91. The van der Waals surface area contributed by atoms with E-state index in [2.05, 4.69) is 36.2 Å². The molecular weight excluding hydrogens is 260 g/mol. The maximum Gasteiger partial charge on any atom is 0.0506 e. The van der Waals surface area contributed by atoms with E-state index >= 15 is 0 Å². The molecule has 0 spiro atoms. The second-order valence-corrected chi connectivity index (χ2v) is 6.72. The average Bonchev–Trinajstić information content (AvgIpc) is 3.34. The van der Waals surface area contributed by atoms with Crippen molar-refractivity contribution < 1.29 is 4.74 Å². The standard InChI is InChI=1S/C18H28N2O/c1-20(12-14-4-3-9-21-13-14)18(11-19)17-6-2-5-16(10-17)15-7-8-15/h2,5-6,10,14-15,18H,3-4,7-9,11-13,19H2,1H3. The van der Waals surface area contributed by atoms with Crippen molar-refractivity contribution in [2.24, 2.45) is 11.7 Å². The van der Waals surface area contributed by atoms with Crippen LogP contribution in [0.15, 0.2) is 24.3 Å². The van der Waals surface area contributed by atoms with Crippen molar-refractivity contribution in [3.8, 4) is 0 Å². The number of hydrogen-bond acceptors (Lipinski definition) is 3. The largest absolute Gasteiger partial charge is 0.381 e. The molecule has 3 heteroatoms. The summed E-state index contributed by atoms with van der Waals surface area (Å²) in [7, 11) is 2.20. The fraction of sp³-hybridized carbons (Fsp3) is 0.667. The predicted octanol–water partition coefficient (Wildman–Crippen LogP) is 2.92. The maximum atomic E-state index is 6.08. The van der Waals surface area contributed by atoms with E-state index in [1.54, 1.807) is 0 Å². The Bertz CT molecular complexity index is 452. The Labute approximate surface area is 128 Å². The molecule has 21 heavy (non-hydrogen) atoms. The molecule has 2 unspecified atom stereocenters. The first-order chi connectivity index (χ1) is 10.3. The van der Waals surface area contributed by atoms with Crippen LogP contribution < -0.4 is 5.73 Å². The molecule has 0 aromatic heterocycles. The van der Waals surface area contributed by atoms with E-state index < -0.39 is 0 Å². The number of hydrogen-bond donors (Lipinski definition) is 1. The summed E-state index contributed by atoms with van der Waals surface area (Å²) in [6, 6.07) is 9.40. The molecule has 116 valence electrons. The van der Waals surface area contributed by atoms with Gasteiger partial charge in [-0.3, -0.25) is 4.90 Å². The van der Waals surface area contributed by atoms with Crippen LogP contribution in [0, 0.1) is 5.92 Å². The van der Waals surface area contributed by atoms with Gasteiger partial charge in [-0.2, -0.15) is 0 Å². The Hall–Kier alpha value is -0.900. The van der Waals surface area contributed by atoms with Gasteiger partial charge in [-0.25, -0.2) is 0 Å². The van der Waals surface area contributed by atoms with Crippen LogP contribution in [-0.2, 0) is 4.74 Å². The number of ether oxygens (including phenoxy) is 1. The lowest BCUT2D eigenvalue weighted by Gasteiger charge is -2.32. The summed E-state index contributed by atoms with van der Waals surface area (Å²) in [5.41, 5.74) is 8.96. The summed E-state index contributed by atoms with van der Waals surface area (Å²) in [5, 5.41) is 0. The number of benzene rings is 1. The number of nitrogens with two attached hydrogens (primary N) is 1. The van der Waals surface area contributed by atoms with Crippen LogP contribution >= 0.6 is 0 Å². The lowest BCUT2D eigenvalue weighted by molar-refractivity contribution is 0.0365. The van der Waals surface area contributed by atoms with Crippen LogP contribution in [-0.4, -0.2) is 38.3 Å². The van der Waals surface area contributed by atoms with Gasteiger partial charge in [0.1, 0.15) is 0 Å². The molecule has 1 saturated heterocycles. The SMILES string of the molecule is CN(CC1CCCOC1)C(CN)c1cccc(C2CC2)c1. The highest BCUT2D eigenvalue weighted by Crippen LogP contribution is 2.40. The Morgan fingerprint density at radius 3 is 2.86 bits per heavy atom. The van der Waals surface area contributed by atoms with Crippen molar-refractivity contribution in [1.29, 1.82) is 0 Å². The van der Waals surface area contributed by atoms with Gasteiger partial charge < -0.3 is 10.5 Å². The van der Waals surface area contributed by atoms with Crippen molar-refractivity contribution in [2.45, 2.75) is 37.6 Å². The van der Waals surface area contributed by atoms with Gasteiger partial charge in [0.15, 0.2) is 0 Å². The lowest BCUT2D eigenvalue weighted by Crippen LogP contribution is -2.36. The highest BCUT2D eigenvalue weighted by molar-refractivity contribution is 5.31. The zero-order valence-corrected chi connectivity index (χ0v) is 13.1. The summed E-state index contributed by atoms with van der Waals surface area (Å²) >= 11 is 0. The molecule has 1 aliphatic heterocycles. The van der Waals surface area contributed by atoms with Crippen molar-refractivity contribution in [1.82, 2.24) is 4.90 Å². The third-order valence-electron chi connectivity index (χ3n) is 4.90. The van der Waals surface area contributed by atoms with E-state index in [1.807, 2.05) is 0 Å². The third-order valence-corrected chi connectivity index (χ3v) is 4.90. The first-order valence-corrected chi connectivity index (χ1v) is 8.36. The Balaban J connectivity index is 1.66. The first kappa shape index (κ1) is 15.0. The minimum absolute atomic E-state index is 0.325. The maximum absolute atomic E-state index is 6.08. The molecule has 2 N–H and O–H groups in total. The fourth-order valence-corrected chi connectivity index (χ4v) is 3.49. The van der Waals surface area contributed by atoms with Crippen LogP contribution in [0.4, 0.5) is 0 Å². The molecule has 1 aromatic carbocycles. The van der Waals surface area contributed by atoms with E-state index in [0.717, 1.165) is 25.7 Å². The highest BCUT2D eigenvalue weighted by Gasteiger charge is 2.25. The van der Waals surface area contributed by atoms with Gasteiger partial charge in [-0.15, -0.1) is 0 Å². The van der Waals surface area contributed by atoms with E-state index in [9.17, 15) is 0 Å².